The van der Waals surface area contributed by atoms with Gasteiger partial charge in [-0.05, 0) is 6.92 Å². The number of hydrogen-bond acceptors (Lipinski definition) is 25. The van der Waals surface area contributed by atoms with Crippen molar-refractivity contribution in [3.8, 4) is 0 Å². The van der Waals surface area contributed by atoms with E-state index in [4.69, 9.17) is 37.9 Å². The quantitative estimate of drug-likeness (QED) is 0.0538. The molecular formula is C38H66N4O25. The number of rotatable bonds is 20. The van der Waals surface area contributed by atoms with E-state index in [-0.39, 0.29) is 0 Å². The normalized spacial score (nSPS) is 41.0. The Balaban J connectivity index is 1.90. The first-order chi connectivity index (χ1) is 31.5. The molecule has 0 radical (unpaired) electrons. The van der Waals surface area contributed by atoms with Crippen molar-refractivity contribution < 1.29 is 123 Å². The van der Waals surface area contributed by atoms with E-state index < -0.39 is 204 Å². The van der Waals surface area contributed by atoms with Crippen LogP contribution in [0.25, 0.3) is 0 Å². The smallest absolute Gasteiger partial charge is 0.217 e. The molecule has 29 heteroatoms. The number of carbonyl (C=O) groups excluding carboxylic acids is 4. The molecule has 4 saturated heterocycles. The lowest BCUT2D eigenvalue weighted by Crippen LogP contribution is -2.72. The average Bonchev–Trinajstić information content (AvgIpc) is 3.27. The van der Waals surface area contributed by atoms with E-state index in [2.05, 4.69) is 21.3 Å². The highest BCUT2D eigenvalue weighted by Gasteiger charge is 2.57. The van der Waals surface area contributed by atoms with Crippen molar-refractivity contribution in [1.29, 1.82) is 0 Å². The van der Waals surface area contributed by atoms with Crippen LogP contribution < -0.4 is 21.3 Å². The lowest BCUT2D eigenvalue weighted by atomic mass is 9.93. The van der Waals surface area contributed by atoms with Crippen LogP contribution in [-0.2, 0) is 57.1 Å². The zero-order chi connectivity index (χ0) is 50.2. The predicted octanol–water partition coefficient (Wildman–Crippen LogP) is -10.7. The van der Waals surface area contributed by atoms with Crippen molar-refractivity contribution in [2.75, 3.05) is 33.0 Å². The molecule has 388 valence electrons. The highest BCUT2D eigenvalue weighted by atomic mass is 16.8. The molecule has 17 N–H and O–H groups in total. The molecule has 4 fully saturated rings. The molecule has 29 nitrogen and oxygen atoms in total. The first-order valence-corrected chi connectivity index (χ1v) is 21.3. The van der Waals surface area contributed by atoms with E-state index >= 15 is 0 Å². The molecule has 67 heavy (non-hydrogen) atoms. The van der Waals surface area contributed by atoms with Crippen molar-refractivity contribution in [2.45, 2.75) is 182 Å². The Morgan fingerprint density at radius 2 is 0.955 bits per heavy atom. The van der Waals surface area contributed by atoms with Crippen molar-refractivity contribution in [1.82, 2.24) is 21.3 Å². The maximum Gasteiger partial charge on any atom is 0.217 e. The second-order valence-electron chi connectivity index (χ2n) is 16.6. The lowest BCUT2D eigenvalue weighted by Gasteiger charge is -2.52. The molecule has 0 bridgehead atoms. The van der Waals surface area contributed by atoms with Gasteiger partial charge in [0, 0.05) is 27.7 Å². The largest absolute Gasteiger partial charge is 0.394 e. The van der Waals surface area contributed by atoms with Crippen molar-refractivity contribution in [2.24, 2.45) is 0 Å². The third-order valence-corrected chi connectivity index (χ3v) is 11.5. The Bertz CT molecular complexity index is 1610. The fourth-order valence-electron chi connectivity index (χ4n) is 8.16. The number of aliphatic hydroxyl groups excluding tert-OH is 13. The van der Waals surface area contributed by atoms with E-state index in [0.29, 0.717) is 0 Å². The SMILES string of the molecule is CC(=O)N[C@@H](CO)[C@@H](OC1O[C@H](CO)[C@@H](OC2O[C@@H](C)[C@@H](O)[C@@H](O)[C@@H]2OC2O[C@H](CO)[C@H](O)[C@H](O)[C@H]2NC(C)=O)[C@H](OC2O[C@H](CO)[C@H](O)[C@H](O)[C@H]2NC(C)=O)[C@H]1NC(C)=O)[C@@H](O)[C@H](O)CO. The molecule has 0 aromatic rings. The molecule has 24 atom stereocenters. The van der Waals surface area contributed by atoms with Gasteiger partial charge in [0.15, 0.2) is 25.2 Å². The van der Waals surface area contributed by atoms with Gasteiger partial charge in [0.05, 0.1) is 45.2 Å². The molecule has 4 amide bonds. The first-order valence-electron chi connectivity index (χ1n) is 21.3. The maximum atomic E-state index is 13.1. The summed E-state index contributed by atoms with van der Waals surface area (Å²) in [4.78, 5) is 49.9. The van der Waals surface area contributed by atoms with Crippen LogP contribution in [0.5, 0.6) is 0 Å². The van der Waals surface area contributed by atoms with Crippen LogP contribution in [0.3, 0.4) is 0 Å². The first kappa shape index (κ1) is 56.6. The molecular weight excluding hydrogens is 912 g/mol. The number of carbonyl (C=O) groups is 4. The Hall–Kier alpha value is -2.96. The maximum absolute atomic E-state index is 13.1. The van der Waals surface area contributed by atoms with Gasteiger partial charge < -0.3 is 126 Å². The van der Waals surface area contributed by atoms with Crippen LogP contribution in [0, 0.1) is 0 Å². The summed E-state index contributed by atoms with van der Waals surface area (Å²) in [5.41, 5.74) is 0. The molecule has 0 saturated carbocycles. The second kappa shape index (κ2) is 25.2. The molecule has 4 aliphatic heterocycles. The Kier molecular flexibility index (Phi) is 21.3. The van der Waals surface area contributed by atoms with Gasteiger partial charge >= 0.3 is 0 Å². The third kappa shape index (κ3) is 13.7. The lowest BCUT2D eigenvalue weighted by molar-refractivity contribution is -0.386. The van der Waals surface area contributed by atoms with E-state index in [1.807, 2.05) is 0 Å². The van der Waals surface area contributed by atoms with Gasteiger partial charge in [-0.1, -0.05) is 0 Å². The standard InChI is InChI=1S/C38H66N4O25/c1-11-24(53)30(59)34(67-36-22(41-14(4)50)29(58)27(56)19(9-46)62-36)38(60-11)65-32-20(10-47)63-37(64-31(25(54)17(52)7-44)16(6-43)39-12(2)48)23(42-15(5)51)33(32)66-35-21(40-13(3)49)28(57)26(55)18(8-45)61-35/h11,16-38,43-47,52-59H,6-10H2,1-5H3,(H,39,48)(H,40,49)(H,41,50)(H,42,51)/t11-,16-,17+,18+,19+,20+,21+,22+,23+,24+,25-,26-,27-,28+,29+,30+,31+,32+,33+,34-,35?,36?,37?,38?/m0/s1. The molecule has 4 rings (SSSR count). The number of amides is 4. The second-order valence-corrected chi connectivity index (χ2v) is 16.6. The van der Waals surface area contributed by atoms with Crippen LogP contribution >= 0.6 is 0 Å². The Morgan fingerprint density at radius 1 is 0.507 bits per heavy atom. The number of aliphatic hydroxyl groups is 13. The van der Waals surface area contributed by atoms with Crippen molar-refractivity contribution >= 4 is 23.6 Å². The van der Waals surface area contributed by atoms with Gasteiger partial charge in [-0.2, -0.15) is 0 Å². The van der Waals surface area contributed by atoms with Gasteiger partial charge in [-0.15, -0.1) is 0 Å². The van der Waals surface area contributed by atoms with E-state index in [0.717, 1.165) is 27.7 Å². The van der Waals surface area contributed by atoms with Crippen molar-refractivity contribution in [3.63, 3.8) is 0 Å². The van der Waals surface area contributed by atoms with Crippen LogP contribution in [0.2, 0.25) is 0 Å². The zero-order valence-corrected chi connectivity index (χ0v) is 37.1. The molecule has 0 aliphatic carbocycles. The summed E-state index contributed by atoms with van der Waals surface area (Å²) in [5.74, 6) is -3.20. The topological polar surface area (TPSA) is 453 Å². The van der Waals surface area contributed by atoms with Crippen LogP contribution in [0.15, 0.2) is 0 Å². The highest BCUT2D eigenvalue weighted by Crippen LogP contribution is 2.36. The van der Waals surface area contributed by atoms with Crippen LogP contribution in [0.4, 0.5) is 0 Å². The molecule has 0 spiro atoms. The molecule has 0 aromatic heterocycles. The average molecular weight is 979 g/mol. The van der Waals surface area contributed by atoms with Gasteiger partial charge in [0.2, 0.25) is 23.6 Å². The third-order valence-electron chi connectivity index (χ3n) is 11.5. The van der Waals surface area contributed by atoms with Crippen LogP contribution in [0.1, 0.15) is 34.6 Å². The highest BCUT2D eigenvalue weighted by molar-refractivity contribution is 5.74. The van der Waals surface area contributed by atoms with Crippen molar-refractivity contribution in [3.05, 3.63) is 0 Å². The minimum absolute atomic E-state index is 0.754. The van der Waals surface area contributed by atoms with E-state index in [1.165, 1.54) is 6.92 Å². The fraction of sp³-hybridized carbons (Fsp3) is 0.895. The Morgan fingerprint density at radius 3 is 1.39 bits per heavy atom. The van der Waals surface area contributed by atoms with Gasteiger partial charge in [-0.3, -0.25) is 19.2 Å². The monoisotopic (exact) mass is 978 g/mol. The molecule has 4 aliphatic rings. The molecule has 0 aromatic carbocycles. The minimum atomic E-state index is -2.14. The van der Waals surface area contributed by atoms with E-state index in [1.54, 1.807) is 0 Å². The summed E-state index contributed by atoms with van der Waals surface area (Å²) in [5, 5.41) is 148. The zero-order valence-electron chi connectivity index (χ0n) is 37.1. The minimum Gasteiger partial charge on any atom is -0.394 e. The summed E-state index contributed by atoms with van der Waals surface area (Å²) in [7, 11) is 0. The predicted molar refractivity (Wildman–Crippen MR) is 214 cm³/mol. The molecule has 4 unspecified atom stereocenters. The summed E-state index contributed by atoms with van der Waals surface area (Å²) in [6, 6.07) is -6.71. The number of ether oxygens (including phenoxy) is 8. The van der Waals surface area contributed by atoms with Gasteiger partial charge in [0.1, 0.15) is 110 Å². The summed E-state index contributed by atoms with van der Waals surface area (Å²) >= 11 is 0. The summed E-state index contributed by atoms with van der Waals surface area (Å²) in [6.45, 7) is 0.482. The Labute approximate surface area is 382 Å². The number of nitrogens with one attached hydrogen (secondary N) is 4. The van der Waals surface area contributed by atoms with Gasteiger partial charge in [0.25, 0.3) is 0 Å². The van der Waals surface area contributed by atoms with E-state index in [9.17, 15) is 85.6 Å². The van der Waals surface area contributed by atoms with Crippen LogP contribution in [-0.4, -0.2) is 270 Å². The van der Waals surface area contributed by atoms with Gasteiger partial charge in [-0.25, -0.2) is 0 Å². The summed E-state index contributed by atoms with van der Waals surface area (Å²) < 4.78 is 48.5. The fourth-order valence-corrected chi connectivity index (χ4v) is 8.16. The molecule has 4 heterocycles. The summed E-state index contributed by atoms with van der Waals surface area (Å²) in [6.07, 6.45) is -37.0. The number of hydrogen-bond donors (Lipinski definition) is 17.